The minimum Gasteiger partial charge on any atom is -0.369 e. The van der Waals surface area contributed by atoms with Gasteiger partial charge in [0.1, 0.15) is 5.01 Å². The summed E-state index contributed by atoms with van der Waals surface area (Å²) in [5.41, 5.74) is 6.81. The van der Waals surface area contributed by atoms with Crippen LogP contribution in [0, 0.1) is 0 Å². The van der Waals surface area contributed by atoms with E-state index in [4.69, 9.17) is 5.73 Å². The maximum atomic E-state index is 10.7. The van der Waals surface area contributed by atoms with Crippen molar-refractivity contribution in [3.63, 3.8) is 0 Å². The Bertz CT molecular complexity index is 467. The molecule has 15 heavy (non-hydrogen) atoms. The summed E-state index contributed by atoms with van der Waals surface area (Å²) in [4.78, 5) is 18.9. The Hall–Kier alpha value is -1.75. The summed E-state index contributed by atoms with van der Waals surface area (Å²) in [5.74, 6) is -0.360. The number of carbonyl (C=O) groups is 1. The SMILES string of the molecule is NC(=O)Cc1csc(-c2ccncc2)n1. The summed E-state index contributed by atoms with van der Waals surface area (Å²) in [7, 11) is 0. The van der Waals surface area contributed by atoms with Crippen molar-refractivity contribution in [3.8, 4) is 10.6 Å². The average Bonchev–Trinajstić information content (AvgIpc) is 2.67. The highest BCUT2D eigenvalue weighted by atomic mass is 32.1. The van der Waals surface area contributed by atoms with Gasteiger partial charge in [-0.25, -0.2) is 4.98 Å². The van der Waals surface area contributed by atoms with E-state index in [1.807, 2.05) is 17.5 Å². The molecule has 2 heterocycles. The Morgan fingerprint density at radius 1 is 1.40 bits per heavy atom. The van der Waals surface area contributed by atoms with E-state index in [1.165, 1.54) is 11.3 Å². The van der Waals surface area contributed by atoms with Crippen LogP contribution in [-0.2, 0) is 11.2 Å². The number of nitrogens with zero attached hydrogens (tertiary/aromatic N) is 2. The molecular weight excluding hydrogens is 210 g/mol. The van der Waals surface area contributed by atoms with Crippen molar-refractivity contribution in [2.24, 2.45) is 5.73 Å². The molecule has 0 aliphatic rings. The van der Waals surface area contributed by atoms with E-state index in [-0.39, 0.29) is 12.3 Å². The van der Waals surface area contributed by atoms with E-state index in [0.717, 1.165) is 16.3 Å². The minimum atomic E-state index is -0.360. The molecule has 0 radical (unpaired) electrons. The molecule has 76 valence electrons. The van der Waals surface area contributed by atoms with Gasteiger partial charge >= 0.3 is 0 Å². The first-order valence-electron chi connectivity index (χ1n) is 4.39. The Balaban J connectivity index is 2.24. The number of primary amides is 1. The molecule has 0 fully saturated rings. The molecule has 4 nitrogen and oxygen atoms in total. The molecule has 5 heteroatoms. The molecule has 0 unspecified atom stereocenters. The van der Waals surface area contributed by atoms with Crippen LogP contribution in [0.3, 0.4) is 0 Å². The zero-order valence-corrected chi connectivity index (χ0v) is 8.70. The lowest BCUT2D eigenvalue weighted by Gasteiger charge is -1.93. The third-order valence-corrected chi connectivity index (χ3v) is 2.77. The van der Waals surface area contributed by atoms with Gasteiger partial charge in [0.05, 0.1) is 12.1 Å². The average molecular weight is 219 g/mol. The van der Waals surface area contributed by atoms with Gasteiger partial charge in [-0.15, -0.1) is 11.3 Å². The fourth-order valence-electron chi connectivity index (χ4n) is 1.19. The maximum absolute atomic E-state index is 10.7. The standard InChI is InChI=1S/C10H9N3OS/c11-9(14)5-8-6-15-10(13-8)7-1-3-12-4-2-7/h1-4,6H,5H2,(H2,11,14). The van der Waals surface area contributed by atoms with Crippen molar-refractivity contribution in [2.45, 2.75) is 6.42 Å². The number of hydrogen-bond donors (Lipinski definition) is 1. The van der Waals surface area contributed by atoms with Crippen LogP contribution < -0.4 is 5.73 Å². The van der Waals surface area contributed by atoms with Crippen molar-refractivity contribution in [2.75, 3.05) is 0 Å². The molecule has 0 aliphatic carbocycles. The fourth-order valence-corrected chi connectivity index (χ4v) is 2.02. The van der Waals surface area contributed by atoms with Crippen LogP contribution in [-0.4, -0.2) is 15.9 Å². The highest BCUT2D eigenvalue weighted by molar-refractivity contribution is 7.13. The summed E-state index contributed by atoms with van der Waals surface area (Å²) < 4.78 is 0. The van der Waals surface area contributed by atoms with E-state index < -0.39 is 0 Å². The van der Waals surface area contributed by atoms with Crippen LogP contribution in [0.1, 0.15) is 5.69 Å². The van der Waals surface area contributed by atoms with E-state index >= 15 is 0 Å². The van der Waals surface area contributed by atoms with Crippen LogP contribution in [0.4, 0.5) is 0 Å². The molecule has 2 rings (SSSR count). The van der Waals surface area contributed by atoms with Gasteiger partial charge in [-0.05, 0) is 12.1 Å². The zero-order chi connectivity index (χ0) is 10.7. The molecule has 0 atom stereocenters. The lowest BCUT2D eigenvalue weighted by Crippen LogP contribution is -2.13. The van der Waals surface area contributed by atoms with Gasteiger partial charge in [-0.1, -0.05) is 0 Å². The number of hydrogen-bond acceptors (Lipinski definition) is 4. The summed E-state index contributed by atoms with van der Waals surface area (Å²) in [6.07, 6.45) is 3.62. The zero-order valence-electron chi connectivity index (χ0n) is 7.88. The predicted octanol–water partition coefficient (Wildman–Crippen LogP) is 1.23. The number of pyridine rings is 1. The molecule has 0 saturated heterocycles. The van der Waals surface area contributed by atoms with E-state index in [0.29, 0.717) is 0 Å². The first-order valence-corrected chi connectivity index (χ1v) is 5.27. The van der Waals surface area contributed by atoms with Gasteiger partial charge in [-0.3, -0.25) is 9.78 Å². The van der Waals surface area contributed by atoms with Crippen molar-refractivity contribution in [1.29, 1.82) is 0 Å². The first kappa shape index (κ1) is 9.79. The topological polar surface area (TPSA) is 68.9 Å². The quantitative estimate of drug-likeness (QED) is 0.844. The first-order chi connectivity index (χ1) is 7.25. The minimum absolute atomic E-state index is 0.196. The van der Waals surface area contributed by atoms with Crippen LogP contribution in [0.15, 0.2) is 29.9 Å². The van der Waals surface area contributed by atoms with Gasteiger partial charge in [0.2, 0.25) is 5.91 Å². The largest absolute Gasteiger partial charge is 0.369 e. The molecule has 1 amide bonds. The Morgan fingerprint density at radius 3 is 2.80 bits per heavy atom. The summed E-state index contributed by atoms with van der Waals surface area (Å²) in [5, 5.41) is 2.73. The molecule has 0 aliphatic heterocycles. The van der Waals surface area contributed by atoms with Crippen molar-refractivity contribution in [3.05, 3.63) is 35.6 Å². The normalized spacial score (nSPS) is 10.1. The monoisotopic (exact) mass is 219 g/mol. The van der Waals surface area contributed by atoms with E-state index in [9.17, 15) is 4.79 Å². The smallest absolute Gasteiger partial charge is 0.223 e. The summed E-state index contributed by atoms with van der Waals surface area (Å²) >= 11 is 1.50. The summed E-state index contributed by atoms with van der Waals surface area (Å²) in [6.45, 7) is 0. The van der Waals surface area contributed by atoms with Crippen molar-refractivity contribution >= 4 is 17.2 Å². The Morgan fingerprint density at radius 2 is 2.13 bits per heavy atom. The molecule has 0 aromatic carbocycles. The van der Waals surface area contributed by atoms with Crippen LogP contribution >= 0.6 is 11.3 Å². The molecule has 2 N–H and O–H groups in total. The fraction of sp³-hybridized carbons (Fsp3) is 0.100. The second-order valence-corrected chi connectivity index (χ2v) is 3.88. The summed E-state index contributed by atoms with van der Waals surface area (Å²) in [6, 6.07) is 3.76. The third-order valence-electron chi connectivity index (χ3n) is 1.83. The lowest BCUT2D eigenvalue weighted by atomic mass is 10.3. The van der Waals surface area contributed by atoms with Crippen LogP contribution in [0.2, 0.25) is 0 Å². The third kappa shape index (κ3) is 2.38. The van der Waals surface area contributed by atoms with Gasteiger partial charge < -0.3 is 5.73 Å². The highest BCUT2D eigenvalue weighted by Gasteiger charge is 2.06. The number of aromatic nitrogens is 2. The van der Waals surface area contributed by atoms with Gasteiger partial charge in [-0.2, -0.15) is 0 Å². The van der Waals surface area contributed by atoms with Gasteiger partial charge in [0, 0.05) is 23.3 Å². The number of amides is 1. The van der Waals surface area contributed by atoms with Crippen LogP contribution in [0.25, 0.3) is 10.6 Å². The maximum Gasteiger partial charge on any atom is 0.223 e. The number of thiazole rings is 1. The van der Waals surface area contributed by atoms with Gasteiger partial charge in [0.15, 0.2) is 0 Å². The van der Waals surface area contributed by atoms with Gasteiger partial charge in [0.25, 0.3) is 0 Å². The van der Waals surface area contributed by atoms with E-state index in [1.54, 1.807) is 12.4 Å². The number of carbonyl (C=O) groups excluding carboxylic acids is 1. The van der Waals surface area contributed by atoms with Crippen molar-refractivity contribution < 1.29 is 4.79 Å². The molecule has 0 spiro atoms. The molecule has 0 saturated carbocycles. The predicted molar refractivity (Wildman–Crippen MR) is 58.2 cm³/mol. The van der Waals surface area contributed by atoms with Crippen LogP contribution in [0.5, 0.6) is 0 Å². The second-order valence-electron chi connectivity index (χ2n) is 3.02. The lowest BCUT2D eigenvalue weighted by molar-refractivity contribution is -0.117. The van der Waals surface area contributed by atoms with Crippen molar-refractivity contribution in [1.82, 2.24) is 9.97 Å². The Labute approximate surface area is 90.8 Å². The Kier molecular flexibility index (Phi) is 2.73. The molecular formula is C10H9N3OS. The number of rotatable bonds is 3. The molecule has 2 aromatic rings. The molecule has 2 aromatic heterocycles. The molecule has 0 bridgehead atoms. The highest BCUT2D eigenvalue weighted by Crippen LogP contribution is 2.22. The second kappa shape index (κ2) is 4.18. The number of nitrogens with two attached hydrogens (primary N) is 1. The van der Waals surface area contributed by atoms with E-state index in [2.05, 4.69) is 9.97 Å².